The number of hydrogen-bond donors (Lipinski definition) is 3. The SMILES string of the molecule is CCNCc1c(S(=O)(=O)NC2CCCC2SC)n[nH]c1C. The number of hydrogen-bond acceptors (Lipinski definition) is 5. The van der Waals surface area contributed by atoms with Crippen LogP contribution in [0.5, 0.6) is 0 Å². The molecule has 3 N–H and O–H groups in total. The Hall–Kier alpha value is -0.570. The van der Waals surface area contributed by atoms with Gasteiger partial charge in [-0.2, -0.15) is 16.9 Å². The topological polar surface area (TPSA) is 86.9 Å². The van der Waals surface area contributed by atoms with Crippen molar-refractivity contribution in [2.75, 3.05) is 12.8 Å². The molecule has 2 atom stereocenters. The summed E-state index contributed by atoms with van der Waals surface area (Å²) >= 11 is 1.73. The molecular weight excluding hydrogens is 308 g/mol. The summed E-state index contributed by atoms with van der Waals surface area (Å²) in [5.41, 5.74) is 1.52. The van der Waals surface area contributed by atoms with Crippen LogP contribution in [0.4, 0.5) is 0 Å². The molecule has 0 aliphatic heterocycles. The molecule has 1 aliphatic carbocycles. The molecule has 2 rings (SSSR count). The number of sulfonamides is 1. The van der Waals surface area contributed by atoms with E-state index in [0.717, 1.165) is 37.1 Å². The maximum atomic E-state index is 12.6. The Morgan fingerprint density at radius 1 is 1.43 bits per heavy atom. The van der Waals surface area contributed by atoms with Gasteiger partial charge >= 0.3 is 0 Å². The normalized spacial score (nSPS) is 22.8. The monoisotopic (exact) mass is 332 g/mol. The van der Waals surface area contributed by atoms with Gasteiger partial charge in [-0.15, -0.1) is 0 Å². The first-order valence-electron chi connectivity index (χ1n) is 7.29. The van der Waals surface area contributed by atoms with E-state index in [1.54, 1.807) is 11.8 Å². The smallest absolute Gasteiger partial charge is 0.260 e. The average Bonchev–Trinajstić information content (AvgIpc) is 3.02. The Labute approximate surface area is 130 Å². The van der Waals surface area contributed by atoms with Gasteiger partial charge in [-0.1, -0.05) is 13.3 Å². The third kappa shape index (κ3) is 3.80. The maximum Gasteiger partial charge on any atom is 0.260 e. The second-order valence-electron chi connectivity index (χ2n) is 5.35. The standard InChI is InChI=1S/C13H24N4O2S2/c1-4-14-8-10-9(2)15-16-13(10)21(18,19)17-11-6-5-7-12(11)20-3/h11-12,14,17H,4-8H2,1-3H3,(H,15,16). The number of aromatic nitrogens is 2. The lowest BCUT2D eigenvalue weighted by Crippen LogP contribution is -2.39. The van der Waals surface area contributed by atoms with Gasteiger partial charge in [0.1, 0.15) is 0 Å². The van der Waals surface area contributed by atoms with Gasteiger partial charge in [0.2, 0.25) is 0 Å². The van der Waals surface area contributed by atoms with Crippen molar-refractivity contribution in [2.24, 2.45) is 0 Å². The lowest BCUT2D eigenvalue weighted by Gasteiger charge is -2.18. The number of H-pyrrole nitrogens is 1. The second-order valence-corrected chi connectivity index (χ2v) is 8.05. The first kappa shape index (κ1) is 16.8. The van der Waals surface area contributed by atoms with Crippen LogP contribution in [0, 0.1) is 6.92 Å². The summed E-state index contributed by atoms with van der Waals surface area (Å²) in [7, 11) is -3.57. The van der Waals surface area contributed by atoms with Gasteiger partial charge in [0.25, 0.3) is 10.0 Å². The first-order valence-corrected chi connectivity index (χ1v) is 10.1. The maximum absolute atomic E-state index is 12.6. The van der Waals surface area contributed by atoms with Gasteiger partial charge in [-0.05, 0) is 32.6 Å². The summed E-state index contributed by atoms with van der Waals surface area (Å²) in [5, 5.41) is 10.5. The van der Waals surface area contributed by atoms with Crippen LogP contribution in [-0.2, 0) is 16.6 Å². The molecule has 6 nitrogen and oxygen atoms in total. The van der Waals surface area contributed by atoms with Crippen molar-refractivity contribution >= 4 is 21.8 Å². The van der Waals surface area contributed by atoms with Crippen molar-refractivity contribution in [3.8, 4) is 0 Å². The van der Waals surface area contributed by atoms with Gasteiger partial charge in [0.05, 0.1) is 0 Å². The van der Waals surface area contributed by atoms with E-state index in [1.807, 2.05) is 20.1 Å². The van der Waals surface area contributed by atoms with E-state index in [4.69, 9.17) is 0 Å². The fourth-order valence-corrected chi connectivity index (χ4v) is 5.24. The predicted molar refractivity (Wildman–Crippen MR) is 86.0 cm³/mol. The van der Waals surface area contributed by atoms with Crippen molar-refractivity contribution in [1.82, 2.24) is 20.2 Å². The Morgan fingerprint density at radius 2 is 2.19 bits per heavy atom. The van der Waals surface area contributed by atoms with Crippen molar-refractivity contribution in [3.63, 3.8) is 0 Å². The summed E-state index contributed by atoms with van der Waals surface area (Å²) in [5.74, 6) is 0. The van der Waals surface area contributed by atoms with Crippen LogP contribution in [-0.4, -0.2) is 42.7 Å². The minimum absolute atomic E-state index is 0.00832. The summed E-state index contributed by atoms with van der Waals surface area (Å²) < 4.78 is 28.1. The quantitative estimate of drug-likeness (QED) is 0.702. The Morgan fingerprint density at radius 3 is 2.86 bits per heavy atom. The summed E-state index contributed by atoms with van der Waals surface area (Å²) in [6, 6.07) is 0.00832. The molecule has 0 bridgehead atoms. The molecule has 1 heterocycles. The summed E-state index contributed by atoms with van der Waals surface area (Å²) in [4.78, 5) is 0. The van der Waals surface area contributed by atoms with Gasteiger partial charge in [-0.25, -0.2) is 13.1 Å². The number of nitrogens with one attached hydrogen (secondary N) is 3. The molecule has 1 aliphatic rings. The highest BCUT2D eigenvalue weighted by Gasteiger charge is 2.33. The molecule has 8 heteroatoms. The van der Waals surface area contributed by atoms with Crippen LogP contribution in [0.3, 0.4) is 0 Å². The number of nitrogens with zero attached hydrogens (tertiary/aromatic N) is 1. The molecule has 0 saturated heterocycles. The van der Waals surface area contributed by atoms with Crippen LogP contribution >= 0.6 is 11.8 Å². The highest BCUT2D eigenvalue weighted by Crippen LogP contribution is 2.29. The lowest BCUT2D eigenvalue weighted by atomic mass is 10.2. The Balaban J connectivity index is 2.19. The number of aryl methyl sites for hydroxylation is 1. The molecule has 0 aromatic carbocycles. The van der Waals surface area contributed by atoms with E-state index in [0.29, 0.717) is 11.8 Å². The molecule has 120 valence electrons. The minimum Gasteiger partial charge on any atom is -0.313 e. The third-order valence-corrected chi connectivity index (χ3v) is 6.53. The van der Waals surface area contributed by atoms with Crippen LogP contribution < -0.4 is 10.0 Å². The van der Waals surface area contributed by atoms with Gasteiger partial charge in [0.15, 0.2) is 5.03 Å². The van der Waals surface area contributed by atoms with Gasteiger partial charge < -0.3 is 5.32 Å². The molecule has 21 heavy (non-hydrogen) atoms. The van der Waals surface area contributed by atoms with Crippen LogP contribution in [0.1, 0.15) is 37.4 Å². The second kappa shape index (κ2) is 7.13. The van der Waals surface area contributed by atoms with E-state index in [1.165, 1.54) is 0 Å². The summed E-state index contributed by atoms with van der Waals surface area (Å²) in [6.07, 6.45) is 5.07. The molecule has 1 fully saturated rings. The summed E-state index contributed by atoms with van der Waals surface area (Å²) in [6.45, 7) is 5.13. The Bertz CT molecular complexity index is 571. The van der Waals surface area contributed by atoms with Gasteiger partial charge in [-0.3, -0.25) is 5.10 Å². The van der Waals surface area contributed by atoms with Crippen LogP contribution in [0.25, 0.3) is 0 Å². The van der Waals surface area contributed by atoms with Crippen LogP contribution in [0.2, 0.25) is 0 Å². The van der Waals surface area contributed by atoms with E-state index in [2.05, 4.69) is 20.2 Å². The highest BCUT2D eigenvalue weighted by atomic mass is 32.2. The van der Waals surface area contributed by atoms with Crippen molar-refractivity contribution < 1.29 is 8.42 Å². The molecule has 1 saturated carbocycles. The van der Waals surface area contributed by atoms with E-state index in [-0.39, 0.29) is 11.1 Å². The zero-order chi connectivity index (χ0) is 15.5. The molecule has 1 aromatic heterocycles. The van der Waals surface area contributed by atoms with Crippen molar-refractivity contribution in [3.05, 3.63) is 11.3 Å². The zero-order valence-corrected chi connectivity index (χ0v) is 14.4. The van der Waals surface area contributed by atoms with E-state index >= 15 is 0 Å². The predicted octanol–water partition coefficient (Wildman–Crippen LogP) is 1.39. The number of thioether (sulfide) groups is 1. The third-order valence-electron chi connectivity index (χ3n) is 3.90. The Kier molecular flexibility index (Phi) is 5.70. The molecule has 1 aromatic rings. The van der Waals surface area contributed by atoms with Crippen molar-refractivity contribution in [1.29, 1.82) is 0 Å². The fraction of sp³-hybridized carbons (Fsp3) is 0.769. The van der Waals surface area contributed by atoms with Crippen molar-refractivity contribution in [2.45, 2.75) is 56.0 Å². The number of aromatic amines is 1. The highest BCUT2D eigenvalue weighted by molar-refractivity contribution is 7.99. The molecule has 0 spiro atoms. The molecule has 0 radical (unpaired) electrons. The minimum atomic E-state index is -3.57. The molecular formula is C13H24N4O2S2. The van der Waals surface area contributed by atoms with E-state index in [9.17, 15) is 8.42 Å². The fourth-order valence-electron chi connectivity index (χ4n) is 2.71. The zero-order valence-electron chi connectivity index (χ0n) is 12.8. The lowest BCUT2D eigenvalue weighted by molar-refractivity contribution is 0.549. The van der Waals surface area contributed by atoms with E-state index < -0.39 is 10.0 Å². The molecule has 0 amide bonds. The number of rotatable bonds is 7. The molecule has 2 unspecified atom stereocenters. The first-order chi connectivity index (χ1) is 9.99. The van der Waals surface area contributed by atoms with Crippen LogP contribution in [0.15, 0.2) is 5.03 Å². The largest absolute Gasteiger partial charge is 0.313 e. The average molecular weight is 332 g/mol. The van der Waals surface area contributed by atoms with Gasteiger partial charge in [0, 0.05) is 29.1 Å².